The fourth-order valence-electron chi connectivity index (χ4n) is 2.31. The molecule has 1 aliphatic heterocycles. The SMILES string of the molecule is CCC1(CNCc2sccc2Br)CCCN1. The molecule has 2 nitrogen and oxygen atoms in total. The van der Waals surface area contributed by atoms with Crippen LogP contribution in [-0.2, 0) is 6.54 Å². The molecule has 1 aromatic rings. The average molecular weight is 303 g/mol. The van der Waals surface area contributed by atoms with Crippen molar-refractivity contribution in [3.63, 3.8) is 0 Å². The minimum Gasteiger partial charge on any atom is -0.310 e. The second-order valence-electron chi connectivity index (χ2n) is 4.46. The number of rotatable bonds is 5. The van der Waals surface area contributed by atoms with E-state index in [2.05, 4.69) is 44.9 Å². The molecule has 0 spiro atoms. The summed E-state index contributed by atoms with van der Waals surface area (Å²) in [5.41, 5.74) is 0.351. The highest BCUT2D eigenvalue weighted by molar-refractivity contribution is 9.10. The van der Waals surface area contributed by atoms with Gasteiger partial charge in [0, 0.05) is 28.0 Å². The van der Waals surface area contributed by atoms with Crippen LogP contribution < -0.4 is 10.6 Å². The number of nitrogens with one attached hydrogen (secondary N) is 2. The standard InChI is InChI=1S/C12H19BrN2S/c1-2-12(5-3-6-15-12)9-14-8-11-10(13)4-7-16-11/h4,7,14-15H,2-3,5-6,8-9H2,1H3. The lowest BCUT2D eigenvalue weighted by Gasteiger charge is -2.28. The zero-order chi connectivity index (χ0) is 11.4. The lowest BCUT2D eigenvalue weighted by molar-refractivity contribution is 0.340. The van der Waals surface area contributed by atoms with Gasteiger partial charge in [-0.2, -0.15) is 0 Å². The van der Waals surface area contributed by atoms with E-state index in [0.717, 1.165) is 13.1 Å². The zero-order valence-electron chi connectivity index (χ0n) is 9.68. The fraction of sp³-hybridized carbons (Fsp3) is 0.667. The number of hydrogen-bond acceptors (Lipinski definition) is 3. The summed E-state index contributed by atoms with van der Waals surface area (Å²) in [4.78, 5) is 1.39. The van der Waals surface area contributed by atoms with Crippen molar-refractivity contribution in [3.8, 4) is 0 Å². The Morgan fingerprint density at radius 1 is 1.62 bits per heavy atom. The maximum atomic E-state index is 3.64. The van der Waals surface area contributed by atoms with Crippen LogP contribution in [0.25, 0.3) is 0 Å². The van der Waals surface area contributed by atoms with Gasteiger partial charge >= 0.3 is 0 Å². The average Bonchev–Trinajstić information content (AvgIpc) is 2.90. The lowest BCUT2D eigenvalue weighted by atomic mass is 9.94. The summed E-state index contributed by atoms with van der Waals surface area (Å²) in [6, 6.07) is 2.12. The van der Waals surface area contributed by atoms with Crippen LogP contribution in [0.5, 0.6) is 0 Å². The van der Waals surface area contributed by atoms with Crippen molar-refractivity contribution < 1.29 is 0 Å². The van der Waals surface area contributed by atoms with E-state index in [9.17, 15) is 0 Å². The van der Waals surface area contributed by atoms with Crippen molar-refractivity contribution in [3.05, 3.63) is 20.8 Å². The summed E-state index contributed by atoms with van der Waals surface area (Å²) >= 11 is 5.37. The smallest absolute Gasteiger partial charge is 0.0327 e. The maximum absolute atomic E-state index is 3.64. The van der Waals surface area contributed by atoms with E-state index in [1.807, 2.05) is 11.3 Å². The van der Waals surface area contributed by atoms with E-state index in [0.29, 0.717) is 5.54 Å². The third-order valence-corrected chi connectivity index (χ3v) is 5.38. The van der Waals surface area contributed by atoms with Crippen molar-refractivity contribution in [2.75, 3.05) is 13.1 Å². The second-order valence-corrected chi connectivity index (χ2v) is 6.31. The summed E-state index contributed by atoms with van der Waals surface area (Å²) in [6.45, 7) is 5.51. The van der Waals surface area contributed by atoms with Crippen LogP contribution in [0.4, 0.5) is 0 Å². The normalized spacial score (nSPS) is 25.1. The largest absolute Gasteiger partial charge is 0.310 e. The van der Waals surface area contributed by atoms with Crippen molar-refractivity contribution in [1.29, 1.82) is 0 Å². The fourth-order valence-corrected chi connectivity index (χ4v) is 3.78. The van der Waals surface area contributed by atoms with E-state index < -0.39 is 0 Å². The molecule has 2 N–H and O–H groups in total. The first-order chi connectivity index (χ1) is 7.76. The third-order valence-electron chi connectivity index (χ3n) is 3.45. The Morgan fingerprint density at radius 3 is 3.06 bits per heavy atom. The molecule has 16 heavy (non-hydrogen) atoms. The van der Waals surface area contributed by atoms with Gasteiger partial charge in [-0.15, -0.1) is 11.3 Å². The van der Waals surface area contributed by atoms with Crippen molar-refractivity contribution in [1.82, 2.24) is 10.6 Å². The van der Waals surface area contributed by atoms with Gasteiger partial charge in [0.25, 0.3) is 0 Å². The number of hydrogen-bond donors (Lipinski definition) is 2. The van der Waals surface area contributed by atoms with Crippen LogP contribution in [0.3, 0.4) is 0 Å². The Morgan fingerprint density at radius 2 is 2.50 bits per heavy atom. The third kappa shape index (κ3) is 2.86. The van der Waals surface area contributed by atoms with Crippen LogP contribution in [-0.4, -0.2) is 18.6 Å². The molecule has 90 valence electrons. The summed E-state index contributed by atoms with van der Waals surface area (Å²) in [5, 5.41) is 9.35. The predicted molar refractivity (Wildman–Crippen MR) is 74.0 cm³/mol. The van der Waals surface area contributed by atoms with E-state index >= 15 is 0 Å². The van der Waals surface area contributed by atoms with Crippen LogP contribution in [0.1, 0.15) is 31.1 Å². The van der Waals surface area contributed by atoms with Gasteiger partial charge in [0.2, 0.25) is 0 Å². The first kappa shape index (κ1) is 12.6. The minimum absolute atomic E-state index is 0.351. The number of thiophene rings is 1. The van der Waals surface area contributed by atoms with Gasteiger partial charge in [0.15, 0.2) is 0 Å². The van der Waals surface area contributed by atoms with Crippen LogP contribution in [0, 0.1) is 0 Å². The van der Waals surface area contributed by atoms with Gasteiger partial charge in [-0.1, -0.05) is 6.92 Å². The predicted octanol–water partition coefficient (Wildman–Crippen LogP) is 3.13. The summed E-state index contributed by atoms with van der Waals surface area (Å²) in [7, 11) is 0. The molecule has 1 atom stereocenters. The maximum Gasteiger partial charge on any atom is 0.0327 e. The van der Waals surface area contributed by atoms with Gasteiger partial charge in [0.05, 0.1) is 0 Å². The van der Waals surface area contributed by atoms with Crippen LogP contribution >= 0.6 is 27.3 Å². The van der Waals surface area contributed by atoms with Crippen LogP contribution in [0.15, 0.2) is 15.9 Å². The van der Waals surface area contributed by atoms with Gasteiger partial charge in [-0.05, 0) is 53.2 Å². The topological polar surface area (TPSA) is 24.1 Å². The molecular weight excluding hydrogens is 284 g/mol. The molecule has 1 aromatic heterocycles. The monoisotopic (exact) mass is 302 g/mol. The van der Waals surface area contributed by atoms with Gasteiger partial charge in [-0.3, -0.25) is 0 Å². The molecule has 0 bridgehead atoms. The first-order valence-electron chi connectivity index (χ1n) is 5.93. The molecule has 0 radical (unpaired) electrons. The van der Waals surface area contributed by atoms with Gasteiger partial charge in [0.1, 0.15) is 0 Å². The van der Waals surface area contributed by atoms with Gasteiger partial charge in [-0.25, -0.2) is 0 Å². The summed E-state index contributed by atoms with van der Waals surface area (Å²) in [5.74, 6) is 0. The molecule has 0 amide bonds. The quantitative estimate of drug-likeness (QED) is 0.873. The molecule has 1 unspecified atom stereocenters. The van der Waals surface area contributed by atoms with E-state index in [4.69, 9.17) is 0 Å². The summed E-state index contributed by atoms with van der Waals surface area (Å²) < 4.78 is 1.23. The van der Waals surface area contributed by atoms with E-state index in [1.54, 1.807) is 0 Å². The van der Waals surface area contributed by atoms with E-state index in [1.165, 1.54) is 35.2 Å². The van der Waals surface area contributed by atoms with Gasteiger partial charge < -0.3 is 10.6 Å². The Hall–Kier alpha value is 0.1000. The molecule has 1 saturated heterocycles. The molecule has 4 heteroatoms. The highest BCUT2D eigenvalue weighted by Gasteiger charge is 2.30. The van der Waals surface area contributed by atoms with Crippen molar-refractivity contribution in [2.24, 2.45) is 0 Å². The molecule has 0 saturated carbocycles. The Kier molecular flexibility index (Phi) is 4.41. The first-order valence-corrected chi connectivity index (χ1v) is 7.61. The Bertz CT molecular complexity index is 332. The van der Waals surface area contributed by atoms with Crippen molar-refractivity contribution >= 4 is 27.3 Å². The minimum atomic E-state index is 0.351. The Labute approximate surface area is 110 Å². The summed E-state index contributed by atoms with van der Waals surface area (Å²) in [6.07, 6.45) is 3.84. The van der Waals surface area contributed by atoms with Crippen molar-refractivity contribution in [2.45, 2.75) is 38.3 Å². The highest BCUT2D eigenvalue weighted by atomic mass is 79.9. The molecule has 0 aromatic carbocycles. The highest BCUT2D eigenvalue weighted by Crippen LogP contribution is 2.24. The van der Waals surface area contributed by atoms with E-state index in [-0.39, 0.29) is 0 Å². The number of halogens is 1. The molecule has 1 fully saturated rings. The Balaban J connectivity index is 1.81. The lowest BCUT2D eigenvalue weighted by Crippen LogP contribution is -2.47. The molecule has 2 heterocycles. The molecule has 1 aliphatic rings. The zero-order valence-corrected chi connectivity index (χ0v) is 12.1. The molecule has 0 aliphatic carbocycles. The molecule has 2 rings (SSSR count). The molecular formula is C12H19BrN2S. The second kappa shape index (κ2) is 5.63. The van der Waals surface area contributed by atoms with Crippen LogP contribution in [0.2, 0.25) is 0 Å².